The van der Waals surface area contributed by atoms with Gasteiger partial charge < -0.3 is 0 Å². The van der Waals surface area contributed by atoms with E-state index in [0.29, 0.717) is 42.9 Å². The molecule has 0 fully saturated rings. The first kappa shape index (κ1) is 15.5. The van der Waals surface area contributed by atoms with Crippen molar-refractivity contribution >= 4 is 0 Å². The minimum atomic E-state index is -0.319. The van der Waals surface area contributed by atoms with E-state index in [1.165, 1.54) is 12.1 Å². The average molecular weight is 463 g/mol. The molecular formula is C16H10F2N2Pt. The van der Waals surface area contributed by atoms with Gasteiger partial charge >= 0.3 is 23.5 Å². The van der Waals surface area contributed by atoms with Crippen LogP contribution in [0, 0.1) is 11.9 Å². The molecule has 2 aromatic heterocycles. The van der Waals surface area contributed by atoms with Gasteiger partial charge in [0.1, 0.15) is 0 Å². The molecule has 0 radical (unpaired) electrons. The van der Waals surface area contributed by atoms with E-state index in [-0.39, 0.29) is 5.82 Å². The molecule has 0 bridgehead atoms. The molecule has 0 saturated carbocycles. The Bertz CT molecular complexity index is 633. The molecule has 0 spiro atoms. The summed E-state index contributed by atoms with van der Waals surface area (Å²) in [5.41, 5.74) is 2.64. The molecule has 0 atom stereocenters. The molecule has 3 rings (SSSR count). The fraction of sp³-hybridized carbons (Fsp3) is 0. The van der Waals surface area contributed by atoms with Crippen molar-refractivity contribution in [2.75, 3.05) is 0 Å². The van der Waals surface area contributed by atoms with Gasteiger partial charge in [-0.25, -0.2) is 4.39 Å². The molecule has 2 heterocycles. The van der Waals surface area contributed by atoms with Gasteiger partial charge in [-0.3, -0.25) is 9.97 Å². The van der Waals surface area contributed by atoms with Crippen LogP contribution in [-0.2, 0) is 20.3 Å². The minimum absolute atomic E-state index is 0.319. The number of hydrogen-bond acceptors (Lipinski definition) is 2. The van der Waals surface area contributed by atoms with Gasteiger partial charge in [-0.1, -0.05) is 47.5 Å². The quantitative estimate of drug-likeness (QED) is 0.534. The molecule has 0 amide bonds. The third-order valence-electron chi connectivity index (χ3n) is 2.72. The first-order valence-corrected chi connectivity index (χ1v) is 6.86. The summed E-state index contributed by atoms with van der Waals surface area (Å²) in [5.74, 6) is -0.319. The van der Waals surface area contributed by atoms with Crippen LogP contribution < -0.4 is 0 Å². The van der Waals surface area contributed by atoms with Crippen molar-refractivity contribution in [1.82, 2.24) is 9.97 Å². The van der Waals surface area contributed by atoms with Gasteiger partial charge in [0.05, 0.1) is 5.82 Å². The molecule has 0 aliphatic rings. The molecule has 0 N–H and O–H groups in total. The molecular weight excluding hydrogens is 453 g/mol. The summed E-state index contributed by atoms with van der Waals surface area (Å²) in [6.07, 6.45) is 3.35. The van der Waals surface area contributed by atoms with Crippen molar-refractivity contribution in [1.29, 1.82) is 0 Å². The molecule has 0 aliphatic carbocycles. The zero-order chi connectivity index (χ0) is 15.1. The molecule has 0 aliphatic heterocycles. The molecule has 2 nitrogen and oxygen atoms in total. The van der Waals surface area contributed by atoms with Crippen molar-refractivity contribution < 1.29 is 27.9 Å². The summed E-state index contributed by atoms with van der Waals surface area (Å²) in [5, 5.41) is 0. The molecule has 1 aromatic carbocycles. The zero-order valence-corrected chi connectivity index (χ0v) is 13.0. The monoisotopic (exact) mass is 463 g/mol. The second kappa shape index (κ2) is 7.75. The first-order chi connectivity index (χ1) is 10.3. The van der Waals surface area contributed by atoms with Crippen LogP contribution >= 0.6 is 0 Å². The predicted octanol–water partition coefficient (Wildman–Crippen LogP) is 4.17. The van der Waals surface area contributed by atoms with Gasteiger partial charge in [-0.15, -0.1) is 6.07 Å². The van der Waals surface area contributed by atoms with E-state index < -0.39 is 0 Å². The predicted molar refractivity (Wildman–Crippen MR) is 72.8 cm³/mol. The number of nitrogens with zero attached hydrogens (tertiary/aromatic N) is 2. The maximum absolute atomic E-state index is 13.7. The van der Waals surface area contributed by atoms with Crippen LogP contribution in [-0.4, -0.2) is 9.97 Å². The summed E-state index contributed by atoms with van der Waals surface area (Å²) in [6.45, 7) is 0. The van der Waals surface area contributed by atoms with Gasteiger partial charge in [-0.2, -0.15) is 0 Å². The van der Waals surface area contributed by atoms with Crippen LogP contribution in [0.3, 0.4) is 0 Å². The Labute approximate surface area is 133 Å². The third-order valence-corrected chi connectivity index (χ3v) is 2.72. The van der Waals surface area contributed by atoms with E-state index in [2.05, 4.69) is 16.0 Å². The summed E-state index contributed by atoms with van der Waals surface area (Å²) < 4.78 is 23.2. The Kier molecular flexibility index (Phi) is 5.70. The Morgan fingerprint density at radius 1 is 0.810 bits per heavy atom. The van der Waals surface area contributed by atoms with Crippen LogP contribution in [0.25, 0.3) is 22.5 Å². The summed E-state index contributed by atoms with van der Waals surface area (Å²) in [7, 11) is 0. The Morgan fingerprint density at radius 2 is 1.29 bits per heavy atom. The number of benzene rings is 1. The third kappa shape index (κ3) is 4.02. The first-order valence-electron chi connectivity index (χ1n) is 6.00. The van der Waals surface area contributed by atoms with E-state index in [9.17, 15) is 7.55 Å². The van der Waals surface area contributed by atoms with Crippen LogP contribution in [0.15, 0.2) is 60.9 Å². The van der Waals surface area contributed by atoms with Crippen molar-refractivity contribution in [3.8, 4) is 22.5 Å². The molecule has 3 aromatic rings. The fourth-order valence-electron chi connectivity index (χ4n) is 1.85. The van der Waals surface area contributed by atoms with E-state index >= 15 is 0 Å². The van der Waals surface area contributed by atoms with E-state index in [4.69, 9.17) is 0 Å². The number of pyridine rings is 2. The normalized spacial score (nSPS) is 9.71. The topological polar surface area (TPSA) is 25.8 Å². The van der Waals surface area contributed by atoms with Gasteiger partial charge in [0, 0.05) is 23.8 Å². The number of hydrogen-bond donors (Lipinski definition) is 0. The molecule has 0 unspecified atom stereocenters. The maximum atomic E-state index is 13.7. The number of rotatable bonds is 2. The number of aromatic nitrogens is 2. The second-order valence-electron chi connectivity index (χ2n) is 4.06. The van der Waals surface area contributed by atoms with E-state index in [1.54, 1.807) is 12.4 Å². The van der Waals surface area contributed by atoms with Crippen molar-refractivity contribution in [3.63, 3.8) is 0 Å². The van der Waals surface area contributed by atoms with Crippen LogP contribution in [0.5, 0.6) is 0 Å². The van der Waals surface area contributed by atoms with Crippen LogP contribution in [0.1, 0.15) is 0 Å². The summed E-state index contributed by atoms with van der Waals surface area (Å²) in [4.78, 5) is 8.41. The van der Waals surface area contributed by atoms with Gasteiger partial charge in [0.2, 0.25) is 0 Å². The Balaban J connectivity index is 0.000000774. The van der Waals surface area contributed by atoms with Gasteiger partial charge in [-0.05, 0) is 12.1 Å². The van der Waals surface area contributed by atoms with Crippen LogP contribution in [0.2, 0.25) is 0 Å². The number of halogens is 2. The van der Waals surface area contributed by atoms with Crippen molar-refractivity contribution in [3.05, 3.63) is 72.8 Å². The molecule has 0 saturated heterocycles. The molecule has 21 heavy (non-hydrogen) atoms. The van der Waals surface area contributed by atoms with Gasteiger partial charge in [0.15, 0.2) is 0 Å². The average Bonchev–Trinajstić information content (AvgIpc) is 2.58. The van der Waals surface area contributed by atoms with Gasteiger partial charge in [0.25, 0.3) is 0 Å². The fourth-order valence-corrected chi connectivity index (χ4v) is 1.85. The van der Waals surface area contributed by atoms with E-state index in [0.717, 1.165) is 0 Å². The Morgan fingerprint density at radius 3 is 1.67 bits per heavy atom. The summed E-state index contributed by atoms with van der Waals surface area (Å²) >= 11 is 0.639. The zero-order valence-electron chi connectivity index (χ0n) is 10.7. The SMILES string of the molecule is Fc1cc(-c2ccccn2)[c-]c(-c2ccccn2)c1.[F][Pt+]. The summed E-state index contributed by atoms with van der Waals surface area (Å²) in [6, 6.07) is 17.0. The van der Waals surface area contributed by atoms with Crippen molar-refractivity contribution in [2.45, 2.75) is 0 Å². The Hall–Kier alpha value is -1.93. The standard InChI is InChI=1S/C16H10FN2.FH.Pt/c17-14-10-12(15-5-1-3-7-18-15)9-13(11-14)16-6-2-4-8-19-16;;/h1-8,10-11H;1H;/q-1;;+2/p-1. The molecule has 108 valence electrons. The second-order valence-corrected chi connectivity index (χ2v) is 4.06. The van der Waals surface area contributed by atoms with E-state index in [1.807, 2.05) is 36.4 Å². The molecule has 5 heteroatoms. The van der Waals surface area contributed by atoms with Crippen LogP contribution in [0.4, 0.5) is 7.55 Å². The van der Waals surface area contributed by atoms with Crippen molar-refractivity contribution in [2.24, 2.45) is 0 Å².